The van der Waals surface area contributed by atoms with Gasteiger partial charge in [0.05, 0.1) is 12.7 Å². The molecule has 3 heterocycles. The summed E-state index contributed by atoms with van der Waals surface area (Å²) in [4.78, 5) is 40.1. The molecule has 2 saturated heterocycles. The molecule has 0 unspecified atom stereocenters. The topological polar surface area (TPSA) is 124 Å². The summed E-state index contributed by atoms with van der Waals surface area (Å²) in [6.07, 6.45) is -5.26. The van der Waals surface area contributed by atoms with Gasteiger partial charge >= 0.3 is 30.3 Å². The van der Waals surface area contributed by atoms with E-state index in [1.165, 1.54) is 5.56 Å². The van der Waals surface area contributed by atoms with Crippen molar-refractivity contribution >= 4 is 18.0 Å². The summed E-state index contributed by atoms with van der Waals surface area (Å²) in [5, 5.41) is 14.2. The van der Waals surface area contributed by atoms with E-state index in [1.54, 1.807) is 19.0 Å². The molecule has 2 atom stereocenters. The van der Waals surface area contributed by atoms with Crippen molar-refractivity contribution in [1.82, 2.24) is 19.7 Å². The molecule has 2 amide bonds. The Hall–Kier alpha value is -3.14. The molecule has 2 fully saturated rings. The van der Waals surface area contributed by atoms with Crippen molar-refractivity contribution < 1.29 is 55.7 Å². The first-order valence-electron chi connectivity index (χ1n) is 10.8. The van der Waals surface area contributed by atoms with Crippen LogP contribution >= 0.6 is 0 Å². The van der Waals surface area contributed by atoms with Gasteiger partial charge in [0, 0.05) is 65.1 Å². The number of carbonyl (C=O) groups is 3. The largest absolute Gasteiger partial charge is 0.490 e. The molecule has 10 nitrogen and oxygen atoms in total. The van der Waals surface area contributed by atoms with Gasteiger partial charge in [-0.25, -0.2) is 14.4 Å². The number of ether oxygens (including phenoxy) is 1. The molecular weight excluding hydrogens is 518 g/mol. The number of piperidine rings is 1. The first kappa shape index (κ1) is 31.9. The number of hydrogen-bond donors (Lipinski definition) is 2. The van der Waals surface area contributed by atoms with Gasteiger partial charge in [-0.05, 0) is 18.1 Å². The van der Waals surface area contributed by atoms with Gasteiger partial charge in [-0.1, -0.05) is 6.07 Å². The van der Waals surface area contributed by atoms with Crippen LogP contribution < -0.4 is 0 Å². The highest BCUT2D eigenvalue weighted by atomic mass is 19.4. The Bertz CT molecular complexity index is 861. The van der Waals surface area contributed by atoms with Crippen LogP contribution in [0.25, 0.3) is 0 Å². The molecule has 1 aromatic rings. The van der Waals surface area contributed by atoms with Crippen molar-refractivity contribution in [3.63, 3.8) is 0 Å². The second kappa shape index (κ2) is 14.0. The van der Waals surface area contributed by atoms with E-state index >= 15 is 0 Å². The van der Waals surface area contributed by atoms with E-state index in [-0.39, 0.29) is 12.1 Å². The van der Waals surface area contributed by atoms with Gasteiger partial charge in [0.25, 0.3) is 0 Å². The lowest BCUT2D eigenvalue weighted by molar-refractivity contribution is -0.193. The molecule has 37 heavy (non-hydrogen) atoms. The molecule has 0 aliphatic carbocycles. The van der Waals surface area contributed by atoms with E-state index in [0.29, 0.717) is 12.5 Å². The summed E-state index contributed by atoms with van der Waals surface area (Å²) in [7, 11) is 3.61. The minimum absolute atomic E-state index is 0.0866. The number of carboxylic acids is 2. The fourth-order valence-corrected chi connectivity index (χ4v) is 3.47. The fourth-order valence-electron chi connectivity index (χ4n) is 3.47. The molecule has 210 valence electrons. The van der Waals surface area contributed by atoms with Crippen LogP contribution in [0.15, 0.2) is 24.5 Å². The molecule has 0 spiro atoms. The number of aromatic nitrogens is 1. The van der Waals surface area contributed by atoms with E-state index < -0.39 is 24.3 Å². The number of carboxylic acid groups (broad SMARTS) is 2. The third kappa shape index (κ3) is 11.6. The number of aliphatic carboxylic acids is 2. The van der Waals surface area contributed by atoms with Gasteiger partial charge in [0.15, 0.2) is 0 Å². The van der Waals surface area contributed by atoms with Crippen molar-refractivity contribution in [1.29, 1.82) is 0 Å². The maximum atomic E-state index is 12.1. The number of halogens is 6. The van der Waals surface area contributed by atoms with Crippen LogP contribution in [0, 0.1) is 5.92 Å². The first-order valence-corrected chi connectivity index (χ1v) is 10.8. The van der Waals surface area contributed by atoms with E-state index in [2.05, 4.69) is 16.0 Å². The molecule has 3 rings (SSSR count). The summed E-state index contributed by atoms with van der Waals surface area (Å²) in [5.74, 6) is -5.01. The average Bonchev–Trinajstić information content (AvgIpc) is 2.99. The number of nitrogens with zero attached hydrogens (tertiary/aromatic N) is 4. The number of hydrogen-bond acceptors (Lipinski definition) is 6. The van der Waals surface area contributed by atoms with Crippen molar-refractivity contribution in [2.75, 3.05) is 46.9 Å². The number of alkyl halides is 6. The second-order valence-corrected chi connectivity index (χ2v) is 8.28. The Kier molecular flexibility index (Phi) is 12.0. The molecule has 16 heteroatoms. The van der Waals surface area contributed by atoms with Gasteiger partial charge in [-0.2, -0.15) is 26.3 Å². The van der Waals surface area contributed by atoms with Gasteiger partial charge < -0.3 is 24.7 Å². The fraction of sp³-hybridized carbons (Fsp3) is 0.619. The van der Waals surface area contributed by atoms with Gasteiger partial charge in [0.1, 0.15) is 0 Å². The lowest BCUT2D eigenvalue weighted by atomic mass is 9.93. The zero-order valence-corrected chi connectivity index (χ0v) is 20.0. The molecule has 2 aliphatic heterocycles. The number of carbonyl (C=O) groups excluding carboxylic acids is 1. The van der Waals surface area contributed by atoms with Gasteiger partial charge in [0.2, 0.25) is 0 Å². The monoisotopic (exact) mass is 546 g/mol. The van der Waals surface area contributed by atoms with Crippen molar-refractivity contribution in [2.45, 2.75) is 31.4 Å². The molecular formula is C21H28F6N4O6. The highest BCUT2D eigenvalue weighted by Gasteiger charge is 2.39. The Balaban J connectivity index is 0.000000404. The molecule has 0 radical (unpaired) electrons. The highest BCUT2D eigenvalue weighted by Crippen LogP contribution is 2.25. The number of urea groups is 1. The van der Waals surface area contributed by atoms with Crippen LogP contribution in [-0.2, 0) is 20.9 Å². The van der Waals surface area contributed by atoms with Crippen LogP contribution in [0.3, 0.4) is 0 Å². The third-order valence-electron chi connectivity index (χ3n) is 5.20. The molecule has 1 aromatic heterocycles. The van der Waals surface area contributed by atoms with E-state index in [9.17, 15) is 31.1 Å². The Morgan fingerprint density at radius 2 is 1.62 bits per heavy atom. The lowest BCUT2D eigenvalue weighted by Crippen LogP contribution is -2.51. The van der Waals surface area contributed by atoms with Crippen LogP contribution in [0.2, 0.25) is 0 Å². The molecule has 0 saturated carbocycles. The van der Waals surface area contributed by atoms with Crippen molar-refractivity contribution in [3.05, 3.63) is 30.1 Å². The second-order valence-electron chi connectivity index (χ2n) is 8.28. The summed E-state index contributed by atoms with van der Waals surface area (Å²) in [6, 6.07) is 4.19. The van der Waals surface area contributed by atoms with E-state index in [1.807, 2.05) is 23.4 Å². The predicted octanol–water partition coefficient (Wildman–Crippen LogP) is 2.55. The number of likely N-dealkylation sites (tertiary alicyclic amines) is 1. The third-order valence-corrected chi connectivity index (χ3v) is 5.20. The summed E-state index contributed by atoms with van der Waals surface area (Å²) >= 11 is 0. The SMILES string of the molecule is CN(C)C(=O)N1CC[C@@H]2CN(Cc3cccnc3)CCO[C@@H]2C1.O=C(O)C(F)(F)F.O=C(O)C(F)(F)F. The number of amides is 2. The van der Waals surface area contributed by atoms with E-state index in [0.717, 1.165) is 39.2 Å². The van der Waals surface area contributed by atoms with Crippen LogP contribution in [0.4, 0.5) is 31.1 Å². The Labute approximate surface area is 208 Å². The number of fused-ring (bicyclic) bond motifs is 1. The lowest BCUT2D eigenvalue weighted by Gasteiger charge is -2.38. The average molecular weight is 546 g/mol. The Morgan fingerprint density at radius 1 is 1.05 bits per heavy atom. The van der Waals surface area contributed by atoms with Crippen LogP contribution in [-0.4, -0.2) is 113 Å². The van der Waals surface area contributed by atoms with Crippen molar-refractivity contribution in [3.8, 4) is 0 Å². The Morgan fingerprint density at radius 3 is 2.08 bits per heavy atom. The maximum Gasteiger partial charge on any atom is 0.490 e. The zero-order valence-electron chi connectivity index (χ0n) is 20.0. The molecule has 0 aromatic carbocycles. The zero-order chi connectivity index (χ0) is 28.4. The highest BCUT2D eigenvalue weighted by molar-refractivity contribution is 5.74. The molecule has 2 aliphatic rings. The quantitative estimate of drug-likeness (QED) is 0.543. The normalized spacial score (nSPS) is 20.2. The van der Waals surface area contributed by atoms with Crippen molar-refractivity contribution in [2.24, 2.45) is 5.92 Å². The predicted molar refractivity (Wildman–Crippen MR) is 115 cm³/mol. The van der Waals surface area contributed by atoms with Gasteiger partial charge in [-0.3, -0.25) is 9.88 Å². The van der Waals surface area contributed by atoms with E-state index in [4.69, 9.17) is 24.5 Å². The summed E-state index contributed by atoms with van der Waals surface area (Å²) in [6.45, 7) is 5.14. The smallest absolute Gasteiger partial charge is 0.475 e. The summed E-state index contributed by atoms with van der Waals surface area (Å²) in [5.41, 5.74) is 1.24. The van der Waals surface area contributed by atoms with Gasteiger partial charge in [-0.15, -0.1) is 0 Å². The first-order chi connectivity index (χ1) is 17.0. The minimum Gasteiger partial charge on any atom is -0.475 e. The standard InChI is InChI=1S/C17H26N4O2.2C2HF3O2/c1-19(2)17(22)21-7-5-15-12-20(8-9-23-16(15)13-21)11-14-4-3-6-18-10-14;2*3-2(4,5)1(6)7/h3-4,6,10,15-16H,5,7-9,11-13H2,1-2H3;2*(H,6,7)/t15-,16-;;/m1../s1. The van der Waals surface area contributed by atoms with Crippen LogP contribution in [0.5, 0.6) is 0 Å². The molecule has 2 N–H and O–H groups in total. The summed E-state index contributed by atoms with van der Waals surface area (Å²) < 4.78 is 69.5. The molecule has 0 bridgehead atoms. The number of pyridine rings is 1. The number of rotatable bonds is 2. The minimum atomic E-state index is -5.08. The van der Waals surface area contributed by atoms with Crippen LogP contribution in [0.1, 0.15) is 12.0 Å². The maximum absolute atomic E-state index is 12.1.